The molecule has 1 aliphatic rings. The van der Waals surface area contributed by atoms with Crippen molar-refractivity contribution < 1.29 is 0 Å². The van der Waals surface area contributed by atoms with Crippen LogP contribution in [-0.2, 0) is 0 Å². The molecule has 2 atom stereocenters. The van der Waals surface area contributed by atoms with Crippen molar-refractivity contribution in [2.75, 3.05) is 19.6 Å². The van der Waals surface area contributed by atoms with E-state index in [4.69, 9.17) is 0 Å². The molecule has 1 heterocycles. The number of nitrogens with one attached hydrogen (secondary N) is 1. The average Bonchev–Trinajstić information content (AvgIpc) is 2.18. The second-order valence-electron chi connectivity index (χ2n) is 4.89. The predicted octanol–water partition coefficient (Wildman–Crippen LogP) is 2.10. The van der Waals surface area contributed by atoms with E-state index in [1.807, 2.05) is 0 Å². The molecular formula is C12H26N2. The molecule has 1 rings (SSSR count). The molecule has 0 aliphatic carbocycles. The first kappa shape index (κ1) is 12.0. The van der Waals surface area contributed by atoms with Crippen LogP contribution in [-0.4, -0.2) is 36.6 Å². The minimum absolute atomic E-state index is 0.741. The molecule has 2 nitrogen and oxygen atoms in total. The summed E-state index contributed by atoms with van der Waals surface area (Å²) in [7, 11) is 0. The highest BCUT2D eigenvalue weighted by molar-refractivity contribution is 4.85. The van der Waals surface area contributed by atoms with E-state index in [1.165, 1.54) is 25.9 Å². The average molecular weight is 198 g/mol. The largest absolute Gasteiger partial charge is 0.314 e. The summed E-state index contributed by atoms with van der Waals surface area (Å²) in [4.78, 5) is 2.70. The highest BCUT2D eigenvalue weighted by Gasteiger charge is 2.27. The first-order chi connectivity index (χ1) is 6.66. The Balaban J connectivity index is 2.53. The zero-order valence-corrected chi connectivity index (χ0v) is 10.2. The van der Waals surface area contributed by atoms with Crippen molar-refractivity contribution in [3.05, 3.63) is 0 Å². The van der Waals surface area contributed by atoms with Gasteiger partial charge in [0, 0.05) is 31.7 Å². The van der Waals surface area contributed by atoms with E-state index in [0.29, 0.717) is 0 Å². The molecule has 0 spiro atoms. The Morgan fingerprint density at radius 1 is 1.36 bits per heavy atom. The fourth-order valence-corrected chi connectivity index (χ4v) is 2.49. The van der Waals surface area contributed by atoms with E-state index in [-0.39, 0.29) is 0 Å². The van der Waals surface area contributed by atoms with Crippen LogP contribution in [0.3, 0.4) is 0 Å². The number of piperazine rings is 1. The molecule has 1 fully saturated rings. The summed E-state index contributed by atoms with van der Waals surface area (Å²) >= 11 is 0. The third-order valence-corrected chi connectivity index (χ3v) is 3.37. The van der Waals surface area contributed by atoms with Crippen LogP contribution in [0, 0.1) is 5.92 Å². The Bertz CT molecular complexity index is 156. The standard InChI is InChI=1S/C12H26N2/c1-5-6-11(4)14-8-7-13-9-12(14)10(2)3/h10-13H,5-9H2,1-4H3. The third-order valence-electron chi connectivity index (χ3n) is 3.37. The number of rotatable bonds is 4. The highest BCUT2D eigenvalue weighted by Crippen LogP contribution is 2.18. The van der Waals surface area contributed by atoms with Crippen LogP contribution >= 0.6 is 0 Å². The highest BCUT2D eigenvalue weighted by atomic mass is 15.2. The lowest BCUT2D eigenvalue weighted by molar-refractivity contribution is 0.0801. The van der Waals surface area contributed by atoms with Gasteiger partial charge in [-0.2, -0.15) is 0 Å². The van der Waals surface area contributed by atoms with Gasteiger partial charge in [0.25, 0.3) is 0 Å². The van der Waals surface area contributed by atoms with E-state index in [1.54, 1.807) is 0 Å². The van der Waals surface area contributed by atoms with E-state index in [0.717, 1.165) is 24.5 Å². The lowest BCUT2D eigenvalue weighted by Gasteiger charge is -2.42. The second-order valence-corrected chi connectivity index (χ2v) is 4.89. The lowest BCUT2D eigenvalue weighted by Crippen LogP contribution is -2.56. The molecule has 0 radical (unpaired) electrons. The normalized spacial score (nSPS) is 26.8. The van der Waals surface area contributed by atoms with Gasteiger partial charge in [-0.15, -0.1) is 0 Å². The van der Waals surface area contributed by atoms with Gasteiger partial charge in [0.1, 0.15) is 0 Å². The van der Waals surface area contributed by atoms with Crippen LogP contribution in [0.5, 0.6) is 0 Å². The van der Waals surface area contributed by atoms with Crippen LogP contribution in [0.15, 0.2) is 0 Å². The summed E-state index contributed by atoms with van der Waals surface area (Å²) in [6.07, 6.45) is 2.64. The van der Waals surface area contributed by atoms with Crippen LogP contribution in [0.25, 0.3) is 0 Å². The van der Waals surface area contributed by atoms with Gasteiger partial charge in [-0.1, -0.05) is 27.2 Å². The Hall–Kier alpha value is -0.0800. The van der Waals surface area contributed by atoms with Gasteiger partial charge in [0.15, 0.2) is 0 Å². The molecular weight excluding hydrogens is 172 g/mol. The van der Waals surface area contributed by atoms with Crippen molar-refractivity contribution in [2.24, 2.45) is 5.92 Å². The molecule has 0 aromatic heterocycles. The Morgan fingerprint density at radius 3 is 2.64 bits per heavy atom. The van der Waals surface area contributed by atoms with E-state index in [2.05, 4.69) is 37.9 Å². The van der Waals surface area contributed by atoms with Crippen LogP contribution in [0.2, 0.25) is 0 Å². The molecule has 1 saturated heterocycles. The molecule has 2 unspecified atom stereocenters. The Morgan fingerprint density at radius 2 is 2.07 bits per heavy atom. The van der Waals surface area contributed by atoms with Crippen LogP contribution in [0.4, 0.5) is 0 Å². The maximum atomic E-state index is 3.50. The number of nitrogens with zero attached hydrogens (tertiary/aromatic N) is 1. The fourth-order valence-electron chi connectivity index (χ4n) is 2.49. The van der Waals surface area contributed by atoms with Gasteiger partial charge in [-0.3, -0.25) is 4.90 Å². The molecule has 0 saturated carbocycles. The van der Waals surface area contributed by atoms with Crippen molar-refractivity contribution in [1.29, 1.82) is 0 Å². The Kier molecular flexibility index (Phi) is 4.90. The summed E-state index contributed by atoms with van der Waals surface area (Å²) < 4.78 is 0. The molecule has 1 aliphatic heterocycles. The molecule has 0 aromatic carbocycles. The number of hydrogen-bond acceptors (Lipinski definition) is 2. The minimum atomic E-state index is 0.741. The zero-order chi connectivity index (χ0) is 10.6. The second kappa shape index (κ2) is 5.72. The van der Waals surface area contributed by atoms with Crippen molar-refractivity contribution in [2.45, 2.75) is 52.6 Å². The smallest absolute Gasteiger partial charge is 0.0246 e. The van der Waals surface area contributed by atoms with Crippen LogP contribution < -0.4 is 5.32 Å². The molecule has 0 amide bonds. The monoisotopic (exact) mass is 198 g/mol. The fraction of sp³-hybridized carbons (Fsp3) is 1.00. The summed E-state index contributed by atoms with van der Waals surface area (Å²) in [6.45, 7) is 12.9. The van der Waals surface area contributed by atoms with Crippen LogP contribution in [0.1, 0.15) is 40.5 Å². The first-order valence-electron chi connectivity index (χ1n) is 6.13. The van der Waals surface area contributed by atoms with Gasteiger partial charge < -0.3 is 5.32 Å². The Labute approximate surface area is 89.1 Å². The predicted molar refractivity (Wildman–Crippen MR) is 62.6 cm³/mol. The first-order valence-corrected chi connectivity index (χ1v) is 6.13. The zero-order valence-electron chi connectivity index (χ0n) is 10.2. The summed E-state index contributed by atoms with van der Waals surface area (Å²) in [5, 5.41) is 3.50. The maximum Gasteiger partial charge on any atom is 0.0246 e. The minimum Gasteiger partial charge on any atom is -0.314 e. The molecule has 0 bridgehead atoms. The van der Waals surface area contributed by atoms with E-state index >= 15 is 0 Å². The maximum absolute atomic E-state index is 3.50. The molecule has 0 aromatic rings. The van der Waals surface area contributed by atoms with Gasteiger partial charge in [-0.05, 0) is 19.3 Å². The van der Waals surface area contributed by atoms with E-state index in [9.17, 15) is 0 Å². The third kappa shape index (κ3) is 2.96. The molecule has 14 heavy (non-hydrogen) atoms. The van der Waals surface area contributed by atoms with Gasteiger partial charge in [-0.25, -0.2) is 0 Å². The van der Waals surface area contributed by atoms with Crippen molar-refractivity contribution in [1.82, 2.24) is 10.2 Å². The topological polar surface area (TPSA) is 15.3 Å². The van der Waals surface area contributed by atoms with Crippen molar-refractivity contribution in [3.8, 4) is 0 Å². The quantitative estimate of drug-likeness (QED) is 0.744. The van der Waals surface area contributed by atoms with Crippen molar-refractivity contribution >= 4 is 0 Å². The summed E-state index contributed by atoms with van der Waals surface area (Å²) in [5.74, 6) is 0.766. The lowest BCUT2D eigenvalue weighted by atomic mass is 9.97. The van der Waals surface area contributed by atoms with Gasteiger partial charge in [0.2, 0.25) is 0 Å². The molecule has 84 valence electrons. The van der Waals surface area contributed by atoms with Crippen molar-refractivity contribution in [3.63, 3.8) is 0 Å². The summed E-state index contributed by atoms with van der Waals surface area (Å²) in [6, 6.07) is 1.50. The molecule has 1 N–H and O–H groups in total. The van der Waals surface area contributed by atoms with E-state index < -0.39 is 0 Å². The SMILES string of the molecule is CCCC(C)N1CCNCC1C(C)C. The number of hydrogen-bond donors (Lipinski definition) is 1. The molecule has 2 heteroatoms. The summed E-state index contributed by atoms with van der Waals surface area (Å²) in [5.41, 5.74) is 0. The van der Waals surface area contributed by atoms with Gasteiger partial charge in [0.05, 0.1) is 0 Å². The van der Waals surface area contributed by atoms with Gasteiger partial charge >= 0.3 is 0 Å².